The summed E-state index contributed by atoms with van der Waals surface area (Å²) in [5, 5.41) is 11.6. The van der Waals surface area contributed by atoms with E-state index < -0.39 is 11.5 Å². The zero-order chi connectivity index (χ0) is 16.6. The topological polar surface area (TPSA) is 85.9 Å². The summed E-state index contributed by atoms with van der Waals surface area (Å²) in [5.74, 6) is -1.13. The molecule has 0 saturated carbocycles. The van der Waals surface area contributed by atoms with Gasteiger partial charge < -0.3 is 14.9 Å². The first-order chi connectivity index (χ1) is 11.0. The van der Waals surface area contributed by atoms with Crippen molar-refractivity contribution in [2.45, 2.75) is 6.92 Å². The Labute approximate surface area is 139 Å². The third-order valence-corrected chi connectivity index (χ3v) is 4.76. The van der Waals surface area contributed by atoms with Gasteiger partial charge in [-0.3, -0.25) is 4.79 Å². The Morgan fingerprint density at radius 2 is 2.04 bits per heavy atom. The van der Waals surface area contributed by atoms with Crippen LogP contribution in [0.4, 0.5) is 0 Å². The molecular weight excluding hydrogens is 336 g/mol. The van der Waals surface area contributed by atoms with Crippen molar-refractivity contribution in [1.29, 1.82) is 0 Å². The number of aryl methyl sites for hydroxylation is 1. The molecule has 0 bridgehead atoms. The van der Waals surface area contributed by atoms with Crippen molar-refractivity contribution in [1.82, 2.24) is 9.97 Å². The van der Waals surface area contributed by atoms with Gasteiger partial charge in [0.2, 0.25) is 0 Å². The van der Waals surface area contributed by atoms with Crippen LogP contribution < -0.4 is 10.7 Å². The van der Waals surface area contributed by atoms with E-state index in [0.29, 0.717) is 10.4 Å². The Bertz CT molecular complexity index is 990. The Balaban J connectivity index is 2.15. The van der Waals surface area contributed by atoms with Crippen LogP contribution in [0.1, 0.15) is 26.6 Å². The van der Waals surface area contributed by atoms with Crippen LogP contribution in [0.2, 0.25) is 0 Å². The van der Waals surface area contributed by atoms with Crippen LogP contribution in [0.3, 0.4) is 0 Å². The zero-order valence-corrected chi connectivity index (χ0v) is 13.5. The number of nitrogens with one attached hydrogen (secondary N) is 1. The maximum Gasteiger partial charge on any atom is 0.260 e. The van der Waals surface area contributed by atoms with Crippen molar-refractivity contribution in [2.24, 2.45) is 0 Å². The van der Waals surface area contributed by atoms with Gasteiger partial charge in [-0.15, -0.1) is 11.3 Å². The number of fused-ring (bicyclic) bond motifs is 1. The zero-order valence-electron chi connectivity index (χ0n) is 11.9. The molecule has 116 valence electrons. The first-order valence-corrected chi connectivity index (χ1v) is 7.84. The predicted molar refractivity (Wildman–Crippen MR) is 89.5 cm³/mol. The highest BCUT2D eigenvalue weighted by Gasteiger charge is 2.15. The largest absolute Gasteiger partial charge is 0.544 e. The molecule has 1 N–H and O–H groups in total. The number of hydrogen-bond acceptors (Lipinski definition) is 5. The highest BCUT2D eigenvalue weighted by atomic mass is 35.5. The fraction of sp³-hybridized carbons (Fsp3) is 0.0625. The summed E-state index contributed by atoms with van der Waals surface area (Å²) in [5.41, 5.74) is 0.789. The van der Waals surface area contributed by atoms with Crippen LogP contribution in [-0.4, -0.2) is 15.9 Å². The molecular formula is C16H10ClN2O3S-. The minimum Gasteiger partial charge on any atom is -0.544 e. The summed E-state index contributed by atoms with van der Waals surface area (Å²) < 4.78 is 0. The SMILES string of the molecule is Cc1c(C(=O)[O-])sc2nc(/C(Cl)=C/c3ccccc3)[nH]c(=O)c12. The summed E-state index contributed by atoms with van der Waals surface area (Å²) in [7, 11) is 0. The number of carbonyl (C=O) groups is 1. The lowest BCUT2D eigenvalue weighted by molar-refractivity contribution is -0.254. The lowest BCUT2D eigenvalue weighted by Gasteiger charge is -2.00. The number of benzene rings is 1. The molecule has 0 saturated heterocycles. The summed E-state index contributed by atoms with van der Waals surface area (Å²) in [4.78, 5) is 30.5. The number of carboxylic acids is 1. The van der Waals surface area contributed by atoms with Crippen LogP contribution >= 0.6 is 22.9 Å². The minimum absolute atomic E-state index is 0.00156. The fourth-order valence-electron chi connectivity index (χ4n) is 2.22. The molecule has 2 heterocycles. The molecule has 0 fully saturated rings. The first kappa shape index (κ1) is 15.5. The second kappa shape index (κ2) is 5.98. The Hall–Kier alpha value is -2.44. The molecule has 0 aliphatic rings. The molecule has 0 amide bonds. The highest BCUT2D eigenvalue weighted by Crippen LogP contribution is 2.28. The normalized spacial score (nSPS) is 11.8. The van der Waals surface area contributed by atoms with Crippen LogP contribution in [0, 0.1) is 6.92 Å². The minimum atomic E-state index is -1.32. The van der Waals surface area contributed by atoms with Crippen LogP contribution in [0.25, 0.3) is 21.3 Å². The third-order valence-electron chi connectivity index (χ3n) is 3.31. The van der Waals surface area contributed by atoms with Crippen LogP contribution in [-0.2, 0) is 0 Å². The summed E-state index contributed by atoms with van der Waals surface area (Å²) in [6, 6.07) is 9.34. The van der Waals surface area contributed by atoms with Gasteiger partial charge >= 0.3 is 0 Å². The van der Waals surface area contributed by atoms with Crippen molar-refractivity contribution in [2.75, 3.05) is 0 Å². The molecule has 0 aliphatic carbocycles. The van der Waals surface area contributed by atoms with Gasteiger partial charge in [0.15, 0.2) is 5.82 Å². The average Bonchev–Trinajstić information content (AvgIpc) is 2.86. The molecule has 0 spiro atoms. The van der Waals surface area contributed by atoms with Crippen molar-refractivity contribution in [3.63, 3.8) is 0 Å². The van der Waals surface area contributed by atoms with E-state index >= 15 is 0 Å². The van der Waals surface area contributed by atoms with E-state index in [1.165, 1.54) is 0 Å². The van der Waals surface area contributed by atoms with Gasteiger partial charge in [0.1, 0.15) is 4.83 Å². The van der Waals surface area contributed by atoms with Crippen molar-refractivity contribution in [3.05, 3.63) is 62.5 Å². The molecule has 0 aliphatic heterocycles. The molecule has 3 aromatic rings. The molecule has 0 radical (unpaired) electrons. The number of H-pyrrole nitrogens is 1. The monoisotopic (exact) mass is 345 g/mol. The van der Waals surface area contributed by atoms with E-state index in [4.69, 9.17) is 11.6 Å². The van der Waals surface area contributed by atoms with E-state index in [0.717, 1.165) is 16.9 Å². The number of halogens is 1. The second-order valence-corrected chi connectivity index (χ2v) is 6.25. The number of carboxylic acid groups (broad SMARTS) is 1. The van der Waals surface area contributed by atoms with E-state index in [2.05, 4.69) is 9.97 Å². The van der Waals surface area contributed by atoms with E-state index in [9.17, 15) is 14.7 Å². The first-order valence-electron chi connectivity index (χ1n) is 6.64. The Morgan fingerprint density at radius 1 is 1.35 bits per heavy atom. The molecule has 3 rings (SSSR count). The number of nitrogens with zero attached hydrogens (tertiary/aromatic N) is 1. The number of thiophene rings is 1. The van der Waals surface area contributed by atoms with E-state index in [1.807, 2.05) is 30.3 Å². The van der Waals surface area contributed by atoms with Crippen molar-refractivity contribution < 1.29 is 9.90 Å². The van der Waals surface area contributed by atoms with Gasteiger partial charge in [-0.25, -0.2) is 4.98 Å². The fourth-order valence-corrected chi connectivity index (χ4v) is 3.45. The Morgan fingerprint density at radius 3 is 2.70 bits per heavy atom. The Kier molecular flexibility index (Phi) is 4.02. The number of carbonyl (C=O) groups excluding carboxylic acids is 1. The lowest BCUT2D eigenvalue weighted by Crippen LogP contribution is -2.21. The van der Waals surface area contributed by atoms with Crippen LogP contribution in [0.15, 0.2) is 35.1 Å². The van der Waals surface area contributed by atoms with Gasteiger partial charge in [-0.05, 0) is 24.1 Å². The van der Waals surface area contributed by atoms with Gasteiger partial charge in [0, 0.05) is 0 Å². The predicted octanol–water partition coefficient (Wildman–Crippen LogP) is 2.39. The molecule has 5 nitrogen and oxygen atoms in total. The average molecular weight is 346 g/mol. The summed E-state index contributed by atoms with van der Waals surface area (Å²) >= 11 is 7.13. The maximum absolute atomic E-state index is 12.2. The smallest absolute Gasteiger partial charge is 0.260 e. The number of aromatic nitrogens is 2. The number of hydrogen-bond donors (Lipinski definition) is 1. The van der Waals surface area contributed by atoms with Gasteiger partial charge in [0.25, 0.3) is 5.56 Å². The lowest BCUT2D eigenvalue weighted by atomic mass is 10.2. The van der Waals surface area contributed by atoms with Gasteiger partial charge in [-0.1, -0.05) is 41.9 Å². The quantitative estimate of drug-likeness (QED) is 0.789. The second-order valence-electron chi connectivity index (χ2n) is 4.84. The van der Waals surface area contributed by atoms with Crippen molar-refractivity contribution >= 4 is 50.2 Å². The maximum atomic E-state index is 12.2. The third kappa shape index (κ3) is 2.91. The highest BCUT2D eigenvalue weighted by molar-refractivity contribution is 7.20. The number of rotatable bonds is 3. The van der Waals surface area contributed by atoms with Gasteiger partial charge in [0.05, 0.1) is 21.3 Å². The molecule has 1 aromatic carbocycles. The molecule has 0 atom stereocenters. The summed E-state index contributed by atoms with van der Waals surface area (Å²) in [6.07, 6.45) is 1.67. The van der Waals surface area contributed by atoms with Crippen LogP contribution in [0.5, 0.6) is 0 Å². The molecule has 23 heavy (non-hydrogen) atoms. The number of aromatic amines is 1. The standard InChI is InChI=1S/C16H11ClN2O3S/c1-8-11-14(20)18-13(19-15(11)23-12(8)16(21)22)10(17)7-9-5-3-2-4-6-9/h2-7H,1H3,(H,21,22)(H,18,19,20)/p-1/b10-7-. The number of aromatic carboxylic acids is 1. The van der Waals surface area contributed by atoms with E-state index in [-0.39, 0.29) is 21.1 Å². The van der Waals surface area contributed by atoms with Crippen molar-refractivity contribution in [3.8, 4) is 0 Å². The molecule has 7 heteroatoms. The van der Waals surface area contributed by atoms with Gasteiger partial charge in [-0.2, -0.15) is 0 Å². The molecule has 2 aromatic heterocycles. The van der Waals surface area contributed by atoms with E-state index in [1.54, 1.807) is 13.0 Å². The summed E-state index contributed by atoms with van der Waals surface area (Å²) in [6.45, 7) is 1.56. The molecule has 0 unspecified atom stereocenters.